The zero-order valence-electron chi connectivity index (χ0n) is 6.72. The van der Waals surface area contributed by atoms with Crippen molar-refractivity contribution in [2.75, 3.05) is 14.1 Å². The van der Waals surface area contributed by atoms with Crippen molar-refractivity contribution in [1.82, 2.24) is 0 Å². The maximum Gasteiger partial charge on any atom is 0.166 e. The SMILES string of the molecule is C[NH2+]C.[Cl-].[Cl-].c1cc[nH+]cc1. The molecule has 1 aromatic rings. The van der Waals surface area contributed by atoms with Gasteiger partial charge in [0.05, 0.1) is 14.1 Å². The van der Waals surface area contributed by atoms with Crippen molar-refractivity contribution in [1.29, 1.82) is 0 Å². The minimum atomic E-state index is 0. The standard InChI is InChI=1S/C5H5N.C2H7N.2ClH/c1-2-4-6-5-3-1;1-3-2;;/h1-5H;3H,1-2H3;2*1H. The van der Waals surface area contributed by atoms with Crippen molar-refractivity contribution in [2.45, 2.75) is 0 Å². The van der Waals surface area contributed by atoms with Crippen LogP contribution in [-0.4, -0.2) is 14.1 Å². The molecule has 0 spiro atoms. The molecule has 1 aromatic heterocycles. The Hall–Kier alpha value is -0.310. The topological polar surface area (TPSA) is 30.8 Å². The first kappa shape index (κ1) is 17.0. The van der Waals surface area contributed by atoms with Gasteiger partial charge in [0.15, 0.2) is 12.4 Å². The number of pyridine rings is 1. The van der Waals surface area contributed by atoms with E-state index in [1.807, 2.05) is 50.0 Å². The molecule has 0 saturated carbocycles. The van der Waals surface area contributed by atoms with Gasteiger partial charge in [-0.3, -0.25) is 0 Å². The molecule has 1 rings (SSSR count). The van der Waals surface area contributed by atoms with Gasteiger partial charge in [-0.2, -0.15) is 0 Å². The number of quaternary nitrogens is 1. The molecule has 0 aliphatic heterocycles. The number of H-pyrrole nitrogens is 1. The van der Waals surface area contributed by atoms with Crippen LogP contribution in [0, 0.1) is 0 Å². The lowest BCUT2D eigenvalue weighted by molar-refractivity contribution is -0.597. The Morgan fingerprint density at radius 3 is 1.36 bits per heavy atom. The Kier molecular flexibility index (Phi) is 25.2. The van der Waals surface area contributed by atoms with E-state index in [0.29, 0.717) is 0 Å². The normalized spacial score (nSPS) is 6.00. The summed E-state index contributed by atoms with van der Waals surface area (Å²) in [5.41, 5.74) is 0. The molecule has 0 bridgehead atoms. The van der Waals surface area contributed by atoms with Crippen LogP contribution in [0.3, 0.4) is 0 Å². The lowest BCUT2D eigenvalue weighted by Gasteiger charge is -1.63. The zero-order chi connectivity index (χ0) is 6.95. The van der Waals surface area contributed by atoms with Gasteiger partial charge in [0.1, 0.15) is 0 Å². The second kappa shape index (κ2) is 16.3. The van der Waals surface area contributed by atoms with Crippen molar-refractivity contribution in [3.8, 4) is 0 Å². The Balaban J connectivity index is -0.000000116. The van der Waals surface area contributed by atoms with Gasteiger partial charge < -0.3 is 30.1 Å². The van der Waals surface area contributed by atoms with E-state index in [4.69, 9.17) is 0 Å². The Morgan fingerprint density at radius 2 is 1.27 bits per heavy atom. The van der Waals surface area contributed by atoms with E-state index in [1.54, 1.807) is 0 Å². The van der Waals surface area contributed by atoms with E-state index < -0.39 is 0 Å². The van der Waals surface area contributed by atoms with Gasteiger partial charge in [-0.25, -0.2) is 4.98 Å². The van der Waals surface area contributed by atoms with Gasteiger partial charge in [0, 0.05) is 12.1 Å². The minimum absolute atomic E-state index is 0. The van der Waals surface area contributed by atoms with E-state index in [2.05, 4.69) is 4.98 Å². The number of hydrogen-bond donors (Lipinski definition) is 1. The van der Waals surface area contributed by atoms with Gasteiger partial charge in [-0.1, -0.05) is 6.07 Å². The molecule has 0 aliphatic rings. The third-order valence-electron chi connectivity index (χ3n) is 0.607. The molecular weight excluding hydrogens is 183 g/mol. The Morgan fingerprint density at radius 1 is 0.909 bits per heavy atom. The summed E-state index contributed by atoms with van der Waals surface area (Å²) in [5, 5.41) is 2.00. The molecule has 1 heterocycles. The van der Waals surface area contributed by atoms with Crippen LogP contribution in [0.1, 0.15) is 0 Å². The highest BCUT2D eigenvalue weighted by molar-refractivity contribution is 4.82. The largest absolute Gasteiger partial charge is 1.00 e. The van der Waals surface area contributed by atoms with Crippen molar-refractivity contribution < 1.29 is 35.1 Å². The Labute approximate surface area is 80.2 Å². The molecular formula is C7H14Cl2N2. The molecule has 0 aromatic carbocycles. The number of hydrogen-bond acceptors (Lipinski definition) is 0. The zero-order valence-corrected chi connectivity index (χ0v) is 8.23. The molecule has 66 valence electrons. The lowest BCUT2D eigenvalue weighted by atomic mass is 10.5. The summed E-state index contributed by atoms with van der Waals surface area (Å²) in [6.07, 6.45) is 3.75. The molecule has 2 nitrogen and oxygen atoms in total. The quantitative estimate of drug-likeness (QED) is 0.428. The predicted octanol–water partition coefficient (Wildman–Crippen LogP) is -6.68. The molecule has 4 heteroatoms. The minimum Gasteiger partial charge on any atom is -1.00 e. The van der Waals surface area contributed by atoms with Gasteiger partial charge in [0.2, 0.25) is 0 Å². The van der Waals surface area contributed by atoms with Gasteiger partial charge in [-0.05, 0) is 0 Å². The van der Waals surface area contributed by atoms with E-state index in [0.717, 1.165) is 0 Å². The summed E-state index contributed by atoms with van der Waals surface area (Å²) < 4.78 is 0. The van der Waals surface area contributed by atoms with Crippen LogP contribution in [0.25, 0.3) is 0 Å². The summed E-state index contributed by atoms with van der Waals surface area (Å²) in [6.45, 7) is 0. The van der Waals surface area contributed by atoms with Gasteiger partial charge in [-0.15, -0.1) is 0 Å². The summed E-state index contributed by atoms with van der Waals surface area (Å²) in [6, 6.07) is 5.86. The highest BCUT2D eigenvalue weighted by atomic mass is 35.5. The van der Waals surface area contributed by atoms with Crippen LogP contribution in [-0.2, 0) is 0 Å². The predicted molar refractivity (Wildman–Crippen MR) is 36.8 cm³/mol. The Bertz CT molecular complexity index is 97.3. The van der Waals surface area contributed by atoms with E-state index in [1.165, 1.54) is 0 Å². The van der Waals surface area contributed by atoms with E-state index in [-0.39, 0.29) is 24.8 Å². The second-order valence-electron chi connectivity index (χ2n) is 1.65. The van der Waals surface area contributed by atoms with E-state index in [9.17, 15) is 0 Å². The number of nitrogens with two attached hydrogens (primary N) is 1. The second-order valence-corrected chi connectivity index (χ2v) is 1.65. The molecule has 0 unspecified atom stereocenters. The number of rotatable bonds is 0. The fourth-order valence-electron chi connectivity index (χ4n) is 0.342. The molecule has 0 atom stereocenters. The fourth-order valence-corrected chi connectivity index (χ4v) is 0.342. The molecule has 0 fully saturated rings. The first-order valence-corrected chi connectivity index (χ1v) is 3.07. The summed E-state index contributed by atoms with van der Waals surface area (Å²) in [5.74, 6) is 0. The summed E-state index contributed by atoms with van der Waals surface area (Å²) in [7, 11) is 4.00. The number of aromatic nitrogens is 1. The first-order valence-electron chi connectivity index (χ1n) is 3.07. The summed E-state index contributed by atoms with van der Waals surface area (Å²) >= 11 is 0. The van der Waals surface area contributed by atoms with Gasteiger partial charge in [0.25, 0.3) is 0 Å². The van der Waals surface area contributed by atoms with Crippen LogP contribution in [0.15, 0.2) is 30.6 Å². The number of aromatic amines is 1. The maximum absolute atomic E-state index is 2.89. The monoisotopic (exact) mass is 196 g/mol. The lowest BCUT2D eigenvalue weighted by Crippen LogP contribution is -3.00. The van der Waals surface area contributed by atoms with Crippen molar-refractivity contribution >= 4 is 0 Å². The van der Waals surface area contributed by atoms with Crippen LogP contribution in [0.4, 0.5) is 0 Å². The van der Waals surface area contributed by atoms with Crippen molar-refractivity contribution in [2.24, 2.45) is 0 Å². The van der Waals surface area contributed by atoms with Crippen LogP contribution >= 0.6 is 0 Å². The molecule has 0 aliphatic carbocycles. The molecule has 11 heavy (non-hydrogen) atoms. The van der Waals surface area contributed by atoms with E-state index >= 15 is 0 Å². The maximum atomic E-state index is 2.89. The number of halogens is 2. The third kappa shape index (κ3) is 17.7. The molecule has 0 saturated heterocycles. The van der Waals surface area contributed by atoms with Crippen LogP contribution in [0.2, 0.25) is 0 Å². The first-order chi connectivity index (χ1) is 4.41. The highest BCUT2D eigenvalue weighted by Crippen LogP contribution is 1.68. The molecule has 0 radical (unpaired) electrons. The summed E-state index contributed by atoms with van der Waals surface area (Å²) in [4.78, 5) is 2.89. The highest BCUT2D eigenvalue weighted by Gasteiger charge is 1.65. The molecule has 0 amide bonds. The van der Waals surface area contributed by atoms with Crippen LogP contribution < -0.4 is 35.1 Å². The average molecular weight is 197 g/mol. The number of nitrogens with one attached hydrogen (secondary N) is 1. The van der Waals surface area contributed by atoms with Crippen molar-refractivity contribution in [3.05, 3.63) is 30.6 Å². The van der Waals surface area contributed by atoms with Gasteiger partial charge >= 0.3 is 0 Å². The van der Waals surface area contributed by atoms with Crippen LogP contribution in [0.5, 0.6) is 0 Å². The average Bonchev–Trinajstić information content (AvgIpc) is 1.93. The fraction of sp³-hybridized carbons (Fsp3) is 0.286. The smallest absolute Gasteiger partial charge is 0.166 e. The third-order valence-corrected chi connectivity index (χ3v) is 0.607. The molecule has 3 N–H and O–H groups in total. The van der Waals surface area contributed by atoms with Crippen molar-refractivity contribution in [3.63, 3.8) is 0 Å².